The Kier molecular flexibility index (Phi) is 8.69. The molecule has 42 heavy (non-hydrogen) atoms. The Morgan fingerprint density at radius 1 is 0.976 bits per heavy atom. The van der Waals surface area contributed by atoms with Gasteiger partial charge in [0.25, 0.3) is 5.56 Å². The summed E-state index contributed by atoms with van der Waals surface area (Å²) in [6.45, 7) is 4.64. The first-order valence-corrected chi connectivity index (χ1v) is 14.6. The summed E-state index contributed by atoms with van der Waals surface area (Å²) < 4.78 is 41.2. The van der Waals surface area contributed by atoms with Gasteiger partial charge < -0.3 is 15.0 Å². The van der Waals surface area contributed by atoms with E-state index in [2.05, 4.69) is 9.97 Å². The second-order valence-electron chi connectivity index (χ2n) is 9.47. The fourth-order valence-electron chi connectivity index (χ4n) is 4.85. The van der Waals surface area contributed by atoms with Gasteiger partial charge in [-0.05, 0) is 41.5 Å². The van der Waals surface area contributed by atoms with Crippen LogP contribution in [0.1, 0.15) is 41.8 Å². The van der Waals surface area contributed by atoms with Gasteiger partial charge in [0.2, 0.25) is 5.95 Å². The van der Waals surface area contributed by atoms with Gasteiger partial charge in [0.15, 0.2) is 5.16 Å². The number of anilines is 1. The number of para-hydroxylation sites is 1. The maximum absolute atomic E-state index is 14.0. The molecule has 0 atom stereocenters. The zero-order valence-electron chi connectivity index (χ0n) is 23.2. The van der Waals surface area contributed by atoms with Gasteiger partial charge in [-0.25, -0.2) is 9.97 Å². The summed E-state index contributed by atoms with van der Waals surface area (Å²) in [5, 5.41) is 10.3. The lowest BCUT2D eigenvalue weighted by Gasteiger charge is -2.28. The molecule has 5 aromatic rings. The number of aromatic nitrogens is 4. The number of fused-ring (bicyclic) bond motifs is 2. The molecule has 0 radical (unpaired) electrons. The summed E-state index contributed by atoms with van der Waals surface area (Å²) in [5.41, 5.74) is 3.44. The summed E-state index contributed by atoms with van der Waals surface area (Å²) in [5.74, 6) is 0.935. The second kappa shape index (κ2) is 12.4. The van der Waals surface area contributed by atoms with E-state index >= 15 is 0 Å². The number of aromatic amines is 1. The number of hydrogen-bond acceptors (Lipinski definition) is 6. The largest absolute Gasteiger partial charge is 0.416 e. The maximum Gasteiger partial charge on any atom is 0.416 e. The van der Waals surface area contributed by atoms with Crippen LogP contribution in [0.2, 0.25) is 0 Å². The van der Waals surface area contributed by atoms with E-state index in [0.717, 1.165) is 23.3 Å². The number of H-pyrrole nitrogens is 1. The highest BCUT2D eigenvalue weighted by Crippen LogP contribution is 2.32. The summed E-state index contributed by atoms with van der Waals surface area (Å²) in [6, 6.07) is 20.3. The summed E-state index contributed by atoms with van der Waals surface area (Å²) in [7, 11) is 0. The first kappa shape index (κ1) is 29.4. The van der Waals surface area contributed by atoms with Crippen molar-refractivity contribution in [3.05, 3.63) is 111 Å². The Hall–Kier alpha value is -4.09. The average Bonchev–Trinajstić information content (AvgIpc) is 3.45. The fourth-order valence-corrected chi connectivity index (χ4v) is 5.91. The molecule has 2 N–H and O–H groups in total. The number of nitrogens with one attached hydrogen (secondary N) is 1. The molecule has 3 aromatic carbocycles. The molecule has 0 saturated carbocycles. The van der Waals surface area contributed by atoms with E-state index < -0.39 is 11.7 Å². The highest BCUT2D eigenvalue weighted by molar-refractivity contribution is 7.98. The molecule has 3 heterocycles. The third-order valence-electron chi connectivity index (χ3n) is 6.96. The Balaban J connectivity index is 0.00000173. The molecule has 11 heteroatoms. The van der Waals surface area contributed by atoms with E-state index in [1.807, 2.05) is 73.3 Å². The number of benzene rings is 3. The number of halogens is 3. The van der Waals surface area contributed by atoms with Crippen LogP contribution >= 0.6 is 11.8 Å². The number of aliphatic hydroxyl groups excluding tert-OH is 1. The van der Waals surface area contributed by atoms with Crippen LogP contribution in [-0.2, 0) is 31.5 Å². The zero-order valence-corrected chi connectivity index (χ0v) is 24.0. The number of imidazole rings is 1. The lowest BCUT2D eigenvalue weighted by atomic mass is 10.1. The molecule has 0 fully saturated rings. The quantitative estimate of drug-likeness (QED) is 0.173. The van der Waals surface area contributed by atoms with E-state index in [1.54, 1.807) is 4.57 Å². The third-order valence-corrected chi connectivity index (χ3v) is 7.94. The van der Waals surface area contributed by atoms with E-state index in [-0.39, 0.29) is 24.2 Å². The van der Waals surface area contributed by atoms with Gasteiger partial charge in [0.1, 0.15) is 0 Å². The Morgan fingerprint density at radius 3 is 2.40 bits per heavy atom. The fraction of sp³-hybridized carbons (Fsp3) is 0.258. The standard InChI is InChI=1S/C29H24F3N5O2S.C2H6/c30-29(31,32)20-10-11-24-25(14-20)34-27(33-24)36-13-12-23-22(15-36)26(39)37(21-8-2-1-3-9-21)28(35-23)40-17-19-7-5-4-6-18(19)16-38;1-2/h1-11,14,38H,12-13,15-17H2,(H,33,34);1-2H3. The molecular weight excluding hydrogens is 563 g/mol. The summed E-state index contributed by atoms with van der Waals surface area (Å²) in [6.07, 6.45) is -3.97. The second-order valence-corrected chi connectivity index (χ2v) is 10.4. The van der Waals surface area contributed by atoms with Crippen LogP contribution in [0.3, 0.4) is 0 Å². The van der Waals surface area contributed by atoms with E-state index in [0.29, 0.717) is 52.3 Å². The van der Waals surface area contributed by atoms with Gasteiger partial charge in [0.05, 0.1) is 46.7 Å². The molecule has 0 saturated heterocycles. The smallest absolute Gasteiger partial charge is 0.392 e. The molecule has 218 valence electrons. The lowest BCUT2D eigenvalue weighted by molar-refractivity contribution is -0.137. The van der Waals surface area contributed by atoms with Crippen molar-refractivity contribution in [1.82, 2.24) is 19.5 Å². The van der Waals surface area contributed by atoms with Gasteiger partial charge in [-0.2, -0.15) is 13.2 Å². The Bertz CT molecular complexity index is 1750. The maximum atomic E-state index is 14.0. The van der Waals surface area contributed by atoms with Crippen LogP contribution in [-0.4, -0.2) is 31.2 Å². The van der Waals surface area contributed by atoms with Crippen molar-refractivity contribution < 1.29 is 18.3 Å². The van der Waals surface area contributed by atoms with Crippen molar-refractivity contribution in [2.24, 2.45) is 0 Å². The normalized spacial score (nSPS) is 13.0. The van der Waals surface area contributed by atoms with E-state index in [1.165, 1.54) is 17.8 Å². The minimum absolute atomic E-state index is 0.0744. The molecule has 0 unspecified atom stereocenters. The highest BCUT2D eigenvalue weighted by atomic mass is 32.2. The topological polar surface area (TPSA) is 87.0 Å². The number of rotatable bonds is 6. The van der Waals surface area contributed by atoms with Crippen molar-refractivity contribution in [3.63, 3.8) is 0 Å². The minimum atomic E-state index is -4.45. The van der Waals surface area contributed by atoms with Crippen LogP contribution in [0.25, 0.3) is 16.7 Å². The molecule has 7 nitrogen and oxygen atoms in total. The van der Waals surface area contributed by atoms with Crippen molar-refractivity contribution >= 4 is 28.7 Å². The van der Waals surface area contributed by atoms with E-state index in [9.17, 15) is 23.1 Å². The molecule has 1 aliphatic rings. The summed E-state index contributed by atoms with van der Waals surface area (Å²) in [4.78, 5) is 28.2. The van der Waals surface area contributed by atoms with Crippen molar-refractivity contribution in [2.45, 2.75) is 50.5 Å². The summed E-state index contributed by atoms with van der Waals surface area (Å²) >= 11 is 1.43. The zero-order chi connectivity index (χ0) is 29.9. The predicted octanol–water partition coefficient (Wildman–Crippen LogP) is 6.50. The Labute approximate surface area is 245 Å². The first-order valence-electron chi connectivity index (χ1n) is 13.6. The highest BCUT2D eigenvalue weighted by Gasteiger charge is 2.31. The number of alkyl halides is 3. The van der Waals surface area contributed by atoms with Gasteiger partial charge in [-0.3, -0.25) is 9.36 Å². The Morgan fingerprint density at radius 2 is 1.69 bits per heavy atom. The third kappa shape index (κ3) is 5.93. The van der Waals surface area contributed by atoms with Crippen molar-refractivity contribution in [3.8, 4) is 5.69 Å². The van der Waals surface area contributed by atoms with Crippen LogP contribution in [0.4, 0.5) is 19.1 Å². The van der Waals surface area contributed by atoms with Gasteiger partial charge in [-0.15, -0.1) is 0 Å². The molecule has 1 aliphatic heterocycles. The van der Waals surface area contributed by atoms with Crippen LogP contribution in [0.15, 0.2) is 82.7 Å². The minimum Gasteiger partial charge on any atom is -0.392 e. The first-order chi connectivity index (χ1) is 20.3. The molecule has 6 rings (SSSR count). The van der Waals surface area contributed by atoms with Crippen molar-refractivity contribution in [1.29, 1.82) is 0 Å². The molecule has 0 spiro atoms. The SMILES string of the molecule is CC.O=c1c2c(nc(SCc3ccccc3CO)n1-c1ccccc1)CCN(c1nc3ccc(C(F)(F)F)cc3[nH]1)C2. The molecule has 0 bridgehead atoms. The molecule has 0 aliphatic carbocycles. The number of nitrogens with zero attached hydrogens (tertiary/aromatic N) is 4. The van der Waals surface area contributed by atoms with Crippen LogP contribution in [0, 0.1) is 0 Å². The monoisotopic (exact) mass is 593 g/mol. The van der Waals surface area contributed by atoms with Crippen LogP contribution < -0.4 is 10.5 Å². The lowest BCUT2D eigenvalue weighted by Crippen LogP contribution is -2.38. The average molecular weight is 594 g/mol. The van der Waals surface area contributed by atoms with Crippen LogP contribution in [0.5, 0.6) is 0 Å². The molecule has 0 amide bonds. The van der Waals surface area contributed by atoms with Gasteiger partial charge in [0, 0.05) is 18.7 Å². The van der Waals surface area contributed by atoms with Gasteiger partial charge in [-0.1, -0.05) is 68.1 Å². The predicted molar refractivity (Wildman–Crippen MR) is 159 cm³/mol. The number of aliphatic hydroxyl groups is 1. The molecule has 2 aromatic heterocycles. The number of hydrogen-bond donors (Lipinski definition) is 2. The van der Waals surface area contributed by atoms with Crippen molar-refractivity contribution in [2.75, 3.05) is 11.4 Å². The van der Waals surface area contributed by atoms with Gasteiger partial charge >= 0.3 is 6.18 Å². The number of thioether (sulfide) groups is 1. The molecular formula is C31H30F3N5O2S. The van der Waals surface area contributed by atoms with E-state index in [4.69, 9.17) is 4.98 Å².